The summed E-state index contributed by atoms with van der Waals surface area (Å²) in [6, 6.07) is 8.17. The molecule has 0 radical (unpaired) electrons. The molecular weight excluding hydrogens is 253 g/mol. The smallest absolute Gasteiger partial charge is 0.126 e. The van der Waals surface area contributed by atoms with Gasteiger partial charge < -0.3 is 0 Å². The van der Waals surface area contributed by atoms with Crippen LogP contribution in [0.5, 0.6) is 0 Å². The molecule has 0 aliphatic carbocycles. The molecule has 0 nitrogen and oxygen atoms in total. The van der Waals surface area contributed by atoms with Crippen molar-refractivity contribution in [3.05, 3.63) is 58.1 Å². The minimum Gasteiger partial charge on any atom is -0.207 e. The van der Waals surface area contributed by atoms with Crippen LogP contribution in [0, 0.1) is 11.6 Å². The van der Waals surface area contributed by atoms with Gasteiger partial charge in [-0.2, -0.15) is 0 Å². The van der Waals surface area contributed by atoms with E-state index in [1.165, 1.54) is 12.1 Å². The summed E-state index contributed by atoms with van der Waals surface area (Å²) in [7, 11) is 0. The van der Waals surface area contributed by atoms with Crippen LogP contribution in [-0.2, 0) is 0 Å². The summed E-state index contributed by atoms with van der Waals surface area (Å²) in [6.45, 7) is 0. The zero-order chi connectivity index (χ0) is 11.7. The van der Waals surface area contributed by atoms with Gasteiger partial charge in [0, 0.05) is 11.6 Å². The summed E-state index contributed by atoms with van der Waals surface area (Å²) in [5.41, 5.74) is 0.873. The Kier molecular flexibility index (Phi) is 3.13. The Morgan fingerprint density at radius 3 is 2.12 bits per heavy atom. The van der Waals surface area contributed by atoms with Crippen molar-refractivity contribution >= 4 is 23.2 Å². The fourth-order valence-corrected chi connectivity index (χ4v) is 1.85. The van der Waals surface area contributed by atoms with E-state index in [2.05, 4.69) is 0 Å². The Bertz CT molecular complexity index is 518. The van der Waals surface area contributed by atoms with Gasteiger partial charge in [-0.15, -0.1) is 0 Å². The zero-order valence-electron chi connectivity index (χ0n) is 7.98. The molecule has 0 aliphatic heterocycles. The van der Waals surface area contributed by atoms with Gasteiger partial charge in [-0.05, 0) is 23.8 Å². The molecule has 0 atom stereocenters. The van der Waals surface area contributed by atoms with Gasteiger partial charge in [0.05, 0.1) is 10.0 Å². The van der Waals surface area contributed by atoms with Crippen molar-refractivity contribution < 1.29 is 8.78 Å². The monoisotopic (exact) mass is 258 g/mol. The highest BCUT2D eigenvalue weighted by Gasteiger charge is 2.09. The van der Waals surface area contributed by atoms with Crippen LogP contribution in [0.2, 0.25) is 10.0 Å². The molecule has 0 fully saturated rings. The van der Waals surface area contributed by atoms with Crippen LogP contribution in [0.3, 0.4) is 0 Å². The van der Waals surface area contributed by atoms with E-state index in [4.69, 9.17) is 23.2 Å². The highest BCUT2D eigenvalue weighted by Crippen LogP contribution is 2.33. The average Bonchev–Trinajstić information content (AvgIpc) is 2.20. The molecule has 2 rings (SSSR count). The van der Waals surface area contributed by atoms with Crippen LogP contribution >= 0.6 is 23.2 Å². The maximum absolute atomic E-state index is 13.0. The second kappa shape index (κ2) is 4.40. The molecule has 0 amide bonds. The molecule has 4 heteroatoms. The second-order valence-electron chi connectivity index (χ2n) is 3.26. The maximum Gasteiger partial charge on any atom is 0.126 e. The highest BCUT2D eigenvalue weighted by atomic mass is 35.5. The molecule has 0 aliphatic rings. The number of halogens is 4. The summed E-state index contributed by atoms with van der Waals surface area (Å²) >= 11 is 11.8. The second-order valence-corrected chi connectivity index (χ2v) is 4.04. The van der Waals surface area contributed by atoms with Crippen molar-refractivity contribution in [2.75, 3.05) is 0 Å². The lowest BCUT2D eigenvalue weighted by Crippen LogP contribution is -1.85. The van der Waals surface area contributed by atoms with E-state index < -0.39 is 11.6 Å². The Morgan fingerprint density at radius 1 is 0.875 bits per heavy atom. The average molecular weight is 259 g/mol. The standard InChI is InChI=1S/C12H6Cl2F2/c13-11-3-1-2-10(12(11)14)7-4-8(15)6-9(16)5-7/h1-6H. The summed E-state index contributed by atoms with van der Waals surface area (Å²) in [5.74, 6) is -1.29. The zero-order valence-corrected chi connectivity index (χ0v) is 9.49. The van der Waals surface area contributed by atoms with Crippen LogP contribution in [-0.4, -0.2) is 0 Å². The molecule has 82 valence electrons. The molecular formula is C12H6Cl2F2. The molecule has 0 spiro atoms. The summed E-state index contributed by atoms with van der Waals surface area (Å²) in [6.07, 6.45) is 0. The van der Waals surface area contributed by atoms with Gasteiger partial charge in [0.25, 0.3) is 0 Å². The number of benzene rings is 2. The number of hydrogen-bond donors (Lipinski definition) is 0. The highest BCUT2D eigenvalue weighted by molar-refractivity contribution is 6.43. The lowest BCUT2D eigenvalue weighted by atomic mass is 10.1. The van der Waals surface area contributed by atoms with E-state index in [0.29, 0.717) is 16.1 Å². The predicted octanol–water partition coefficient (Wildman–Crippen LogP) is 4.94. The van der Waals surface area contributed by atoms with Crippen molar-refractivity contribution in [1.29, 1.82) is 0 Å². The van der Waals surface area contributed by atoms with Gasteiger partial charge in [-0.3, -0.25) is 0 Å². The molecule has 0 heterocycles. The van der Waals surface area contributed by atoms with Crippen molar-refractivity contribution in [3.63, 3.8) is 0 Å². The minimum absolute atomic E-state index is 0.286. The third-order valence-corrected chi connectivity index (χ3v) is 2.94. The predicted molar refractivity (Wildman–Crippen MR) is 61.8 cm³/mol. The van der Waals surface area contributed by atoms with Gasteiger partial charge in [0.2, 0.25) is 0 Å². The first kappa shape index (κ1) is 11.4. The Hall–Kier alpha value is -1.12. The third-order valence-electron chi connectivity index (χ3n) is 2.13. The molecule has 0 N–H and O–H groups in total. The Balaban J connectivity index is 2.63. The first-order valence-corrected chi connectivity index (χ1v) is 5.24. The van der Waals surface area contributed by atoms with Crippen molar-refractivity contribution in [2.24, 2.45) is 0 Å². The number of hydrogen-bond acceptors (Lipinski definition) is 0. The van der Waals surface area contributed by atoms with E-state index in [1.807, 2.05) is 0 Å². The summed E-state index contributed by atoms with van der Waals surface area (Å²) in [5, 5.41) is 0.637. The van der Waals surface area contributed by atoms with Gasteiger partial charge >= 0.3 is 0 Å². The van der Waals surface area contributed by atoms with Gasteiger partial charge in [-0.1, -0.05) is 35.3 Å². The van der Waals surface area contributed by atoms with E-state index in [1.54, 1.807) is 18.2 Å². The third kappa shape index (κ3) is 2.18. The molecule has 0 saturated heterocycles. The van der Waals surface area contributed by atoms with Crippen molar-refractivity contribution in [1.82, 2.24) is 0 Å². The molecule has 16 heavy (non-hydrogen) atoms. The van der Waals surface area contributed by atoms with Crippen LogP contribution in [0.4, 0.5) is 8.78 Å². The summed E-state index contributed by atoms with van der Waals surface area (Å²) in [4.78, 5) is 0. The molecule has 2 aromatic rings. The fourth-order valence-electron chi connectivity index (χ4n) is 1.44. The Morgan fingerprint density at radius 2 is 1.50 bits per heavy atom. The van der Waals surface area contributed by atoms with Crippen LogP contribution in [0.1, 0.15) is 0 Å². The van der Waals surface area contributed by atoms with E-state index in [-0.39, 0.29) is 5.02 Å². The SMILES string of the molecule is Fc1cc(F)cc(-c2cccc(Cl)c2Cl)c1. The first-order chi connectivity index (χ1) is 7.58. The van der Waals surface area contributed by atoms with Gasteiger partial charge in [0.1, 0.15) is 11.6 Å². The van der Waals surface area contributed by atoms with E-state index >= 15 is 0 Å². The van der Waals surface area contributed by atoms with Crippen molar-refractivity contribution in [2.45, 2.75) is 0 Å². The lowest BCUT2D eigenvalue weighted by Gasteiger charge is -2.06. The fraction of sp³-hybridized carbons (Fsp3) is 0. The Labute approximate surface area is 101 Å². The quantitative estimate of drug-likeness (QED) is 0.680. The van der Waals surface area contributed by atoms with Gasteiger partial charge in [-0.25, -0.2) is 8.78 Å². The van der Waals surface area contributed by atoms with Crippen LogP contribution in [0.25, 0.3) is 11.1 Å². The molecule has 2 aromatic carbocycles. The number of rotatable bonds is 1. The lowest BCUT2D eigenvalue weighted by molar-refractivity contribution is 0.584. The molecule has 0 saturated carbocycles. The molecule has 0 aromatic heterocycles. The molecule has 0 unspecified atom stereocenters. The minimum atomic E-state index is -0.647. The largest absolute Gasteiger partial charge is 0.207 e. The van der Waals surface area contributed by atoms with E-state index in [0.717, 1.165) is 6.07 Å². The van der Waals surface area contributed by atoms with E-state index in [9.17, 15) is 8.78 Å². The maximum atomic E-state index is 13.0. The van der Waals surface area contributed by atoms with Crippen LogP contribution < -0.4 is 0 Å². The van der Waals surface area contributed by atoms with Crippen LogP contribution in [0.15, 0.2) is 36.4 Å². The van der Waals surface area contributed by atoms with Crippen molar-refractivity contribution in [3.8, 4) is 11.1 Å². The van der Waals surface area contributed by atoms with Gasteiger partial charge in [0.15, 0.2) is 0 Å². The topological polar surface area (TPSA) is 0 Å². The first-order valence-electron chi connectivity index (χ1n) is 4.48. The normalized spacial score (nSPS) is 10.5. The molecule has 0 bridgehead atoms. The summed E-state index contributed by atoms with van der Waals surface area (Å²) < 4.78 is 26.1.